The largest absolute Gasteiger partial charge is 0.490 e. The molecular formula is C18H23N3O5S. The van der Waals surface area contributed by atoms with Gasteiger partial charge in [-0.3, -0.25) is 0 Å². The van der Waals surface area contributed by atoms with Gasteiger partial charge in [-0.25, -0.2) is 8.42 Å². The average molecular weight is 393 g/mol. The highest BCUT2D eigenvalue weighted by atomic mass is 32.2. The molecule has 0 N–H and O–H groups in total. The molecule has 2 aromatic rings. The molecular weight excluding hydrogens is 370 g/mol. The molecule has 2 atom stereocenters. The van der Waals surface area contributed by atoms with Crippen molar-refractivity contribution in [2.45, 2.75) is 50.2 Å². The number of hydrogen-bond donors (Lipinski definition) is 0. The summed E-state index contributed by atoms with van der Waals surface area (Å²) in [5, 5.41) is 8.03. The van der Waals surface area contributed by atoms with Gasteiger partial charge in [-0.2, -0.15) is 4.31 Å². The molecule has 3 heterocycles. The van der Waals surface area contributed by atoms with E-state index in [2.05, 4.69) is 10.2 Å². The van der Waals surface area contributed by atoms with Crippen molar-refractivity contribution in [3.63, 3.8) is 0 Å². The summed E-state index contributed by atoms with van der Waals surface area (Å²) in [6.45, 7) is 6.58. The van der Waals surface area contributed by atoms with Crippen LogP contribution in [-0.2, 0) is 21.2 Å². The van der Waals surface area contributed by atoms with Gasteiger partial charge in [-0.05, 0) is 30.7 Å². The fraction of sp³-hybridized carbons (Fsp3) is 0.556. The number of fused-ring (bicyclic) bond motifs is 1. The van der Waals surface area contributed by atoms with Crippen LogP contribution < -0.4 is 4.74 Å². The van der Waals surface area contributed by atoms with Crippen LogP contribution in [0.4, 0.5) is 0 Å². The molecule has 0 spiro atoms. The van der Waals surface area contributed by atoms with Gasteiger partial charge in [-0.1, -0.05) is 13.8 Å². The molecule has 4 rings (SSSR count). The summed E-state index contributed by atoms with van der Waals surface area (Å²) in [7, 11) is -3.64. The van der Waals surface area contributed by atoms with Crippen LogP contribution in [0.5, 0.6) is 5.75 Å². The molecule has 1 aromatic carbocycles. The molecule has 0 aliphatic carbocycles. The predicted octanol–water partition coefficient (Wildman–Crippen LogP) is 2.28. The molecule has 1 aromatic heterocycles. The standard InChI is InChI=1S/C18H23N3O5S/c1-11(2)17-19-20-18(26-17)16-10-21(6-7-24-16)27(22,23)14-4-5-15-13(9-14)8-12(3)25-15/h4-5,9,11-12,16H,6-8,10H2,1-3H3/t12-,16-/m1/s1. The maximum Gasteiger partial charge on any atom is 0.246 e. The molecule has 0 bridgehead atoms. The summed E-state index contributed by atoms with van der Waals surface area (Å²) in [4.78, 5) is 0.271. The van der Waals surface area contributed by atoms with Gasteiger partial charge in [0.25, 0.3) is 0 Å². The first-order valence-electron chi connectivity index (χ1n) is 9.09. The number of aromatic nitrogens is 2. The summed E-state index contributed by atoms with van der Waals surface area (Å²) in [5.41, 5.74) is 0.923. The van der Waals surface area contributed by atoms with Crippen molar-refractivity contribution in [3.8, 4) is 5.75 Å². The quantitative estimate of drug-likeness (QED) is 0.786. The van der Waals surface area contributed by atoms with Crippen LogP contribution in [0.1, 0.15) is 50.1 Å². The number of rotatable bonds is 4. The number of nitrogens with zero attached hydrogens (tertiary/aromatic N) is 3. The van der Waals surface area contributed by atoms with Gasteiger partial charge < -0.3 is 13.9 Å². The minimum Gasteiger partial charge on any atom is -0.490 e. The van der Waals surface area contributed by atoms with Crippen molar-refractivity contribution in [3.05, 3.63) is 35.5 Å². The lowest BCUT2D eigenvalue weighted by Crippen LogP contribution is -2.42. The Labute approximate surface area is 158 Å². The van der Waals surface area contributed by atoms with Crippen molar-refractivity contribution in [1.82, 2.24) is 14.5 Å². The molecule has 2 aliphatic rings. The van der Waals surface area contributed by atoms with Gasteiger partial charge in [0.05, 0.1) is 11.5 Å². The minimum absolute atomic E-state index is 0.0680. The summed E-state index contributed by atoms with van der Waals surface area (Å²) in [6, 6.07) is 5.04. The number of morpholine rings is 1. The van der Waals surface area contributed by atoms with Crippen molar-refractivity contribution >= 4 is 10.0 Å². The maximum atomic E-state index is 13.1. The molecule has 0 amide bonds. The van der Waals surface area contributed by atoms with Crippen LogP contribution in [0.25, 0.3) is 0 Å². The van der Waals surface area contributed by atoms with Crippen LogP contribution in [0, 0.1) is 0 Å². The van der Waals surface area contributed by atoms with Crippen molar-refractivity contribution in [2.75, 3.05) is 19.7 Å². The Balaban J connectivity index is 1.56. The van der Waals surface area contributed by atoms with Crippen LogP contribution in [0.2, 0.25) is 0 Å². The van der Waals surface area contributed by atoms with E-state index in [-0.39, 0.29) is 36.6 Å². The first-order valence-corrected chi connectivity index (χ1v) is 10.5. The second-order valence-corrected chi connectivity index (χ2v) is 9.20. The molecule has 27 heavy (non-hydrogen) atoms. The third-order valence-corrected chi connectivity index (χ3v) is 6.62. The molecule has 2 aliphatic heterocycles. The number of sulfonamides is 1. The highest BCUT2D eigenvalue weighted by Gasteiger charge is 2.35. The van der Waals surface area contributed by atoms with Crippen molar-refractivity contribution in [2.24, 2.45) is 0 Å². The van der Waals surface area contributed by atoms with E-state index in [4.69, 9.17) is 13.9 Å². The van der Waals surface area contributed by atoms with Crippen LogP contribution in [0.15, 0.2) is 27.5 Å². The minimum atomic E-state index is -3.64. The zero-order valence-electron chi connectivity index (χ0n) is 15.6. The molecule has 1 fully saturated rings. The summed E-state index contributed by atoms with van der Waals surface area (Å²) in [5.74, 6) is 1.69. The average Bonchev–Trinajstić information content (AvgIpc) is 3.27. The summed E-state index contributed by atoms with van der Waals surface area (Å²) < 4.78 is 44.6. The molecule has 146 valence electrons. The lowest BCUT2D eigenvalue weighted by atomic mass is 10.1. The SMILES string of the molecule is CC(C)c1nnc([C@H]2CN(S(=O)(=O)c3ccc4c(c3)C[C@@H](C)O4)CCO2)o1. The van der Waals surface area contributed by atoms with E-state index >= 15 is 0 Å². The molecule has 9 heteroatoms. The Hall–Kier alpha value is -1.97. The second-order valence-electron chi connectivity index (χ2n) is 7.26. The Morgan fingerprint density at radius 2 is 2.07 bits per heavy atom. The first-order chi connectivity index (χ1) is 12.8. The smallest absolute Gasteiger partial charge is 0.246 e. The highest BCUT2D eigenvalue weighted by Crippen LogP contribution is 2.33. The number of ether oxygens (including phenoxy) is 2. The topological polar surface area (TPSA) is 94.8 Å². The second kappa shape index (κ2) is 6.88. The van der Waals surface area contributed by atoms with E-state index in [1.807, 2.05) is 20.8 Å². The van der Waals surface area contributed by atoms with Crippen molar-refractivity contribution < 1.29 is 22.3 Å². The van der Waals surface area contributed by atoms with E-state index in [0.29, 0.717) is 18.2 Å². The fourth-order valence-corrected chi connectivity index (χ4v) is 4.79. The van der Waals surface area contributed by atoms with Crippen LogP contribution in [0.3, 0.4) is 0 Å². The fourth-order valence-electron chi connectivity index (χ4n) is 3.31. The maximum absolute atomic E-state index is 13.1. The molecule has 0 unspecified atom stereocenters. The number of hydrogen-bond acceptors (Lipinski definition) is 7. The van der Waals surface area contributed by atoms with E-state index in [0.717, 1.165) is 11.3 Å². The molecule has 0 radical (unpaired) electrons. The Morgan fingerprint density at radius 1 is 1.26 bits per heavy atom. The Morgan fingerprint density at radius 3 is 2.81 bits per heavy atom. The Kier molecular flexibility index (Phi) is 4.69. The van der Waals surface area contributed by atoms with Gasteiger partial charge in [-0.15, -0.1) is 10.2 Å². The van der Waals surface area contributed by atoms with Crippen molar-refractivity contribution in [1.29, 1.82) is 0 Å². The van der Waals surface area contributed by atoms with Gasteiger partial charge in [0.15, 0.2) is 0 Å². The monoisotopic (exact) mass is 393 g/mol. The van der Waals surface area contributed by atoms with Gasteiger partial charge in [0.2, 0.25) is 21.8 Å². The molecule has 0 saturated carbocycles. The molecule has 1 saturated heterocycles. The first kappa shape index (κ1) is 18.4. The normalized spacial score (nSPS) is 23.4. The predicted molar refractivity (Wildman–Crippen MR) is 96.1 cm³/mol. The lowest BCUT2D eigenvalue weighted by Gasteiger charge is -2.30. The third kappa shape index (κ3) is 3.46. The zero-order valence-corrected chi connectivity index (χ0v) is 16.4. The summed E-state index contributed by atoms with van der Waals surface area (Å²) in [6.07, 6.45) is 0.217. The van der Waals surface area contributed by atoms with Gasteiger partial charge in [0.1, 0.15) is 18.0 Å². The van der Waals surface area contributed by atoms with E-state index in [1.165, 1.54) is 4.31 Å². The van der Waals surface area contributed by atoms with Crippen LogP contribution >= 0.6 is 0 Å². The van der Waals surface area contributed by atoms with Gasteiger partial charge >= 0.3 is 0 Å². The van der Waals surface area contributed by atoms with E-state index in [9.17, 15) is 8.42 Å². The zero-order chi connectivity index (χ0) is 19.2. The third-order valence-electron chi connectivity index (χ3n) is 4.76. The van der Waals surface area contributed by atoms with E-state index in [1.54, 1.807) is 18.2 Å². The molecule has 8 nitrogen and oxygen atoms in total. The van der Waals surface area contributed by atoms with Gasteiger partial charge in [0, 0.05) is 25.4 Å². The highest BCUT2D eigenvalue weighted by molar-refractivity contribution is 7.89. The lowest BCUT2D eigenvalue weighted by molar-refractivity contribution is -0.0179. The van der Waals surface area contributed by atoms with Crippen LogP contribution in [-0.4, -0.2) is 48.7 Å². The summed E-state index contributed by atoms with van der Waals surface area (Å²) >= 11 is 0. The van der Waals surface area contributed by atoms with E-state index < -0.39 is 16.1 Å². The Bertz CT molecular complexity index is 940. The number of benzene rings is 1.